The maximum absolute atomic E-state index is 10.7. The third-order valence-electron chi connectivity index (χ3n) is 1.65. The zero-order valence-corrected chi connectivity index (χ0v) is 9.72. The second-order valence-electron chi connectivity index (χ2n) is 3.10. The minimum atomic E-state index is -2.69. The van der Waals surface area contributed by atoms with E-state index < -0.39 is 11.4 Å². The van der Waals surface area contributed by atoms with Gasteiger partial charge in [-0.25, -0.2) is 0 Å². The van der Waals surface area contributed by atoms with Crippen molar-refractivity contribution >= 4 is 29.7 Å². The standard InChI is InChI=1S/C7H11N4O2PS/c1-5-2-3-6(10-14(8,9)15)7(4-5)11(12)13/h2-4H,1H3,(H5,8,9,10,15). The Hall–Kier alpha value is -1.01. The summed E-state index contributed by atoms with van der Waals surface area (Å²) in [7, 11) is 0. The average molecular weight is 246 g/mol. The molecule has 1 rings (SSSR count). The van der Waals surface area contributed by atoms with Crippen LogP contribution < -0.4 is 16.1 Å². The molecular weight excluding hydrogens is 235 g/mol. The molecule has 0 spiro atoms. The van der Waals surface area contributed by atoms with E-state index in [0.29, 0.717) is 0 Å². The first kappa shape index (κ1) is 12.1. The number of benzene rings is 1. The number of nitrogens with two attached hydrogens (primary N) is 2. The van der Waals surface area contributed by atoms with E-state index in [-0.39, 0.29) is 11.4 Å². The molecular formula is C7H11N4O2PS. The molecule has 0 aliphatic heterocycles. The number of anilines is 1. The fourth-order valence-electron chi connectivity index (χ4n) is 1.08. The topological polar surface area (TPSA) is 107 Å². The molecule has 0 saturated heterocycles. The van der Waals surface area contributed by atoms with Crippen LogP contribution in [0.5, 0.6) is 0 Å². The van der Waals surface area contributed by atoms with Gasteiger partial charge in [0.15, 0.2) is 6.49 Å². The van der Waals surface area contributed by atoms with Gasteiger partial charge < -0.3 is 5.09 Å². The van der Waals surface area contributed by atoms with E-state index in [1.54, 1.807) is 19.1 Å². The van der Waals surface area contributed by atoms with Gasteiger partial charge in [0.05, 0.1) is 4.92 Å². The summed E-state index contributed by atoms with van der Waals surface area (Å²) >= 11 is 4.78. The van der Waals surface area contributed by atoms with Gasteiger partial charge in [0, 0.05) is 6.07 Å². The van der Waals surface area contributed by atoms with Crippen LogP contribution >= 0.6 is 6.49 Å². The number of nitrogens with one attached hydrogen (secondary N) is 1. The summed E-state index contributed by atoms with van der Waals surface area (Å²) < 4.78 is 0. The predicted molar refractivity (Wildman–Crippen MR) is 64.1 cm³/mol. The molecule has 6 nitrogen and oxygen atoms in total. The highest BCUT2D eigenvalue weighted by atomic mass is 32.4. The van der Waals surface area contributed by atoms with E-state index in [1.165, 1.54) is 6.07 Å². The predicted octanol–water partition coefficient (Wildman–Crippen LogP) is 1.46. The third kappa shape index (κ3) is 3.56. The van der Waals surface area contributed by atoms with Crippen LogP contribution in [0.3, 0.4) is 0 Å². The number of hydrogen-bond acceptors (Lipinski definition) is 3. The van der Waals surface area contributed by atoms with E-state index in [9.17, 15) is 10.1 Å². The minimum Gasteiger partial charge on any atom is -0.330 e. The number of nitro benzene ring substituents is 1. The van der Waals surface area contributed by atoms with Crippen molar-refractivity contribution < 1.29 is 4.92 Å². The largest absolute Gasteiger partial charge is 0.330 e. The second kappa shape index (κ2) is 4.24. The van der Waals surface area contributed by atoms with E-state index in [4.69, 9.17) is 22.8 Å². The summed E-state index contributed by atoms with van der Waals surface area (Å²) in [6.45, 7) is -0.929. The molecule has 0 bridgehead atoms. The highest BCUT2D eigenvalue weighted by molar-refractivity contribution is 8.13. The lowest BCUT2D eigenvalue weighted by Gasteiger charge is -2.13. The van der Waals surface area contributed by atoms with E-state index in [0.717, 1.165) is 5.56 Å². The molecule has 0 atom stereocenters. The fourth-order valence-corrected chi connectivity index (χ4v) is 1.94. The normalized spacial score (nSPS) is 11.1. The molecule has 0 unspecified atom stereocenters. The molecule has 15 heavy (non-hydrogen) atoms. The van der Waals surface area contributed by atoms with Gasteiger partial charge in [0.25, 0.3) is 5.69 Å². The summed E-state index contributed by atoms with van der Waals surface area (Å²) in [4.78, 5) is 10.2. The van der Waals surface area contributed by atoms with E-state index >= 15 is 0 Å². The van der Waals surface area contributed by atoms with Gasteiger partial charge in [0.2, 0.25) is 0 Å². The summed E-state index contributed by atoms with van der Waals surface area (Å²) in [5.41, 5.74) is 11.9. The van der Waals surface area contributed by atoms with Crippen molar-refractivity contribution in [3.05, 3.63) is 33.9 Å². The van der Waals surface area contributed by atoms with Crippen molar-refractivity contribution in [1.29, 1.82) is 0 Å². The Morgan fingerprint density at radius 2 is 2.13 bits per heavy atom. The van der Waals surface area contributed by atoms with Gasteiger partial charge >= 0.3 is 0 Å². The smallest absolute Gasteiger partial charge is 0.292 e. The Kier molecular flexibility index (Phi) is 3.41. The van der Waals surface area contributed by atoms with Crippen LogP contribution in [0.4, 0.5) is 11.4 Å². The lowest BCUT2D eigenvalue weighted by atomic mass is 10.2. The summed E-state index contributed by atoms with van der Waals surface area (Å²) in [6.07, 6.45) is 0. The van der Waals surface area contributed by atoms with Crippen molar-refractivity contribution in [1.82, 2.24) is 0 Å². The van der Waals surface area contributed by atoms with Gasteiger partial charge in [-0.1, -0.05) is 6.07 Å². The Morgan fingerprint density at radius 1 is 1.53 bits per heavy atom. The van der Waals surface area contributed by atoms with Gasteiger partial charge in [-0.3, -0.25) is 21.1 Å². The molecule has 8 heteroatoms. The Balaban J connectivity index is 3.18. The first-order chi connectivity index (χ1) is 6.79. The van der Waals surface area contributed by atoms with Crippen molar-refractivity contribution in [2.45, 2.75) is 6.92 Å². The number of nitro groups is 1. The molecule has 0 amide bonds. The van der Waals surface area contributed by atoms with Crippen LogP contribution in [0, 0.1) is 17.0 Å². The van der Waals surface area contributed by atoms with Gasteiger partial charge in [-0.05, 0) is 30.4 Å². The zero-order chi connectivity index (χ0) is 11.6. The van der Waals surface area contributed by atoms with Gasteiger partial charge in [-0.15, -0.1) is 0 Å². The molecule has 0 radical (unpaired) electrons. The highest BCUT2D eigenvalue weighted by Crippen LogP contribution is 2.34. The van der Waals surface area contributed by atoms with Crippen LogP contribution in [0.2, 0.25) is 0 Å². The molecule has 0 heterocycles. The Labute approximate surface area is 92.0 Å². The van der Waals surface area contributed by atoms with Crippen LogP contribution in [-0.4, -0.2) is 4.92 Å². The lowest BCUT2D eigenvalue weighted by Crippen LogP contribution is -2.13. The molecule has 0 fully saturated rings. The monoisotopic (exact) mass is 246 g/mol. The molecule has 1 aromatic carbocycles. The average Bonchev–Trinajstić information content (AvgIpc) is 2.05. The quantitative estimate of drug-likeness (QED) is 0.423. The Morgan fingerprint density at radius 3 is 2.60 bits per heavy atom. The molecule has 1 aromatic rings. The maximum Gasteiger partial charge on any atom is 0.292 e. The maximum atomic E-state index is 10.7. The number of nitrogens with zero attached hydrogens (tertiary/aromatic N) is 1. The number of aryl methyl sites for hydroxylation is 1. The minimum absolute atomic E-state index is 0.0693. The van der Waals surface area contributed by atoms with Crippen molar-refractivity contribution in [3.63, 3.8) is 0 Å². The summed E-state index contributed by atoms with van der Waals surface area (Å²) in [5.74, 6) is 0. The number of hydrogen-bond donors (Lipinski definition) is 3. The summed E-state index contributed by atoms with van der Waals surface area (Å²) in [6, 6.07) is 4.71. The molecule has 82 valence electrons. The van der Waals surface area contributed by atoms with Crippen LogP contribution in [-0.2, 0) is 11.8 Å². The third-order valence-corrected chi connectivity index (χ3v) is 2.51. The van der Waals surface area contributed by atoms with Gasteiger partial charge in [-0.2, -0.15) is 0 Å². The van der Waals surface area contributed by atoms with Crippen LogP contribution in [0.15, 0.2) is 18.2 Å². The Bertz CT molecular complexity index is 445. The van der Waals surface area contributed by atoms with Crippen LogP contribution in [0.25, 0.3) is 0 Å². The highest BCUT2D eigenvalue weighted by Gasteiger charge is 2.16. The fraction of sp³-hybridized carbons (Fsp3) is 0.143. The van der Waals surface area contributed by atoms with Gasteiger partial charge in [0.1, 0.15) is 5.69 Å². The first-order valence-electron chi connectivity index (χ1n) is 4.00. The van der Waals surface area contributed by atoms with E-state index in [1.807, 2.05) is 0 Å². The SMILES string of the molecule is Cc1ccc(NP(N)(N)=S)c([N+](=O)[O-])c1. The van der Waals surface area contributed by atoms with E-state index in [2.05, 4.69) is 5.09 Å². The van der Waals surface area contributed by atoms with Crippen molar-refractivity contribution in [3.8, 4) is 0 Å². The summed E-state index contributed by atoms with van der Waals surface area (Å²) in [5, 5.41) is 13.3. The molecule has 5 N–H and O–H groups in total. The molecule has 0 aliphatic carbocycles. The van der Waals surface area contributed by atoms with Crippen molar-refractivity contribution in [2.24, 2.45) is 11.0 Å². The molecule has 0 saturated carbocycles. The lowest BCUT2D eigenvalue weighted by molar-refractivity contribution is -0.383. The first-order valence-corrected chi connectivity index (χ1v) is 6.94. The molecule has 0 aliphatic rings. The van der Waals surface area contributed by atoms with Crippen molar-refractivity contribution in [2.75, 3.05) is 5.09 Å². The van der Waals surface area contributed by atoms with Crippen LogP contribution in [0.1, 0.15) is 5.56 Å². The number of rotatable bonds is 3. The molecule has 0 aromatic heterocycles. The second-order valence-corrected chi connectivity index (χ2v) is 6.55. The zero-order valence-electron chi connectivity index (χ0n) is 8.01.